The summed E-state index contributed by atoms with van der Waals surface area (Å²) in [6, 6.07) is 8.25. The maximum absolute atomic E-state index is 14.8. The van der Waals surface area contributed by atoms with Gasteiger partial charge in [0, 0.05) is 29.7 Å². The van der Waals surface area contributed by atoms with Crippen molar-refractivity contribution in [1.82, 2.24) is 4.90 Å². The SMILES string of the molecule is CS(=O)[NH+]([O-])C(=O)c1cc(C2CC2)c(CN2CCC(OCc3cc(Cl)cc(Cl)c3)CC2)cc1F. The third-order valence-corrected chi connectivity index (χ3v) is 7.42. The van der Waals surface area contributed by atoms with Crippen LogP contribution in [-0.2, 0) is 28.9 Å². The quantitative estimate of drug-likeness (QED) is 0.524. The number of halogens is 3. The Bertz CT molecular complexity index is 1070. The molecule has 0 bridgehead atoms. The van der Waals surface area contributed by atoms with E-state index in [4.69, 9.17) is 27.9 Å². The molecule has 0 spiro atoms. The van der Waals surface area contributed by atoms with Crippen molar-refractivity contribution < 1.29 is 22.6 Å². The molecule has 0 radical (unpaired) electrons. The Morgan fingerprint density at radius 3 is 2.38 bits per heavy atom. The van der Waals surface area contributed by atoms with Crippen LogP contribution in [0.1, 0.15) is 58.6 Å². The molecule has 2 unspecified atom stereocenters. The number of carbonyl (C=O) groups excluding carboxylic acids is 1. The van der Waals surface area contributed by atoms with Crippen molar-refractivity contribution >= 4 is 40.1 Å². The molecule has 1 heterocycles. The number of piperidine rings is 1. The first kappa shape index (κ1) is 25.7. The van der Waals surface area contributed by atoms with Crippen molar-refractivity contribution in [3.8, 4) is 0 Å². The van der Waals surface area contributed by atoms with Crippen molar-refractivity contribution in [3.63, 3.8) is 0 Å². The first-order valence-corrected chi connectivity index (χ1v) is 13.6. The van der Waals surface area contributed by atoms with Gasteiger partial charge in [-0.05, 0) is 78.6 Å². The maximum Gasteiger partial charge on any atom is 0.360 e. The van der Waals surface area contributed by atoms with E-state index >= 15 is 0 Å². The Hall–Kier alpha value is -1.39. The minimum atomic E-state index is -1.97. The number of hydrogen-bond donors (Lipinski definition) is 1. The van der Waals surface area contributed by atoms with E-state index in [2.05, 4.69) is 4.90 Å². The number of nitrogens with one attached hydrogen (secondary N) is 1. The van der Waals surface area contributed by atoms with Gasteiger partial charge in [-0.25, -0.2) is 13.7 Å². The van der Waals surface area contributed by atoms with Gasteiger partial charge in [-0.2, -0.15) is 4.21 Å². The molecule has 2 atom stereocenters. The first-order valence-electron chi connectivity index (χ1n) is 11.2. The largest absolute Gasteiger partial charge is 0.612 e. The number of carbonyl (C=O) groups is 1. The second-order valence-electron chi connectivity index (χ2n) is 8.94. The lowest BCUT2D eigenvalue weighted by atomic mass is 9.97. The summed E-state index contributed by atoms with van der Waals surface area (Å²) in [7, 11) is -1.97. The van der Waals surface area contributed by atoms with Crippen LogP contribution in [0.2, 0.25) is 10.0 Å². The summed E-state index contributed by atoms with van der Waals surface area (Å²) < 4.78 is 31.2. The molecular formula is C24H27Cl2FN2O4S. The Morgan fingerprint density at radius 2 is 1.79 bits per heavy atom. The number of ether oxygens (including phenoxy) is 1. The van der Waals surface area contributed by atoms with E-state index in [0.717, 1.165) is 61.7 Å². The molecule has 184 valence electrons. The van der Waals surface area contributed by atoms with E-state index in [1.807, 2.05) is 12.1 Å². The number of hydrogen-bond acceptors (Lipinski definition) is 5. The summed E-state index contributed by atoms with van der Waals surface area (Å²) in [6.07, 6.45) is 4.90. The average Bonchev–Trinajstić information content (AvgIpc) is 3.62. The zero-order chi connectivity index (χ0) is 24.4. The number of likely N-dealkylation sites (tertiary alicyclic amines) is 1. The van der Waals surface area contributed by atoms with E-state index in [1.54, 1.807) is 6.07 Å². The minimum absolute atomic E-state index is 0.120. The second kappa shape index (κ2) is 11.1. The maximum atomic E-state index is 14.8. The molecule has 2 aromatic carbocycles. The molecule has 1 saturated carbocycles. The number of hydroxylamine groups is 1. The normalized spacial score (nSPS) is 19.2. The smallest absolute Gasteiger partial charge is 0.360 e. The van der Waals surface area contributed by atoms with Gasteiger partial charge in [0.2, 0.25) is 11.0 Å². The van der Waals surface area contributed by atoms with E-state index in [0.29, 0.717) is 23.2 Å². The van der Waals surface area contributed by atoms with Gasteiger partial charge in [-0.15, -0.1) is 0 Å². The van der Waals surface area contributed by atoms with Crippen LogP contribution in [0.3, 0.4) is 0 Å². The molecule has 2 aliphatic rings. The summed E-state index contributed by atoms with van der Waals surface area (Å²) in [5.41, 5.74) is 2.41. The van der Waals surface area contributed by atoms with Crippen LogP contribution in [0.15, 0.2) is 30.3 Å². The number of amides is 1. The molecule has 1 amide bonds. The first-order chi connectivity index (χ1) is 16.2. The lowest BCUT2D eigenvalue weighted by Gasteiger charge is -2.32. The van der Waals surface area contributed by atoms with Crippen molar-refractivity contribution in [2.75, 3.05) is 19.3 Å². The van der Waals surface area contributed by atoms with E-state index in [1.165, 1.54) is 12.1 Å². The highest BCUT2D eigenvalue weighted by Gasteiger charge is 2.31. The summed E-state index contributed by atoms with van der Waals surface area (Å²) >= 11 is 12.1. The standard InChI is InChI=1S/C24H27Cl2FN2O4S/c1-34(32)29(31)24(30)22-12-21(16-2-3-16)17(10-23(22)27)13-28-6-4-20(5-7-28)33-14-15-8-18(25)11-19(26)9-15/h8-12,16,20,29H,2-7,13-14H2,1H3. The van der Waals surface area contributed by atoms with Crippen LogP contribution in [0.4, 0.5) is 4.39 Å². The van der Waals surface area contributed by atoms with E-state index < -0.39 is 27.2 Å². The van der Waals surface area contributed by atoms with Gasteiger partial charge >= 0.3 is 5.91 Å². The molecule has 6 nitrogen and oxygen atoms in total. The van der Waals surface area contributed by atoms with Gasteiger partial charge in [0.1, 0.15) is 11.4 Å². The van der Waals surface area contributed by atoms with Crippen LogP contribution in [0.5, 0.6) is 0 Å². The average molecular weight is 529 g/mol. The third kappa shape index (κ3) is 6.43. The van der Waals surface area contributed by atoms with Crippen molar-refractivity contribution in [2.45, 2.75) is 50.9 Å². The van der Waals surface area contributed by atoms with E-state index in [9.17, 15) is 18.6 Å². The highest BCUT2D eigenvalue weighted by molar-refractivity contribution is 7.78. The third-order valence-electron chi connectivity index (χ3n) is 6.27. The summed E-state index contributed by atoms with van der Waals surface area (Å²) in [5, 5.41) is 13.0. The molecule has 4 rings (SSSR count). The molecule has 1 aliphatic carbocycles. The molecule has 1 aliphatic heterocycles. The number of nitrogens with zero attached hydrogens (tertiary/aromatic N) is 1. The molecule has 1 N–H and O–H groups in total. The molecule has 34 heavy (non-hydrogen) atoms. The molecule has 2 fully saturated rings. The van der Waals surface area contributed by atoms with Gasteiger partial charge < -0.3 is 9.94 Å². The molecular weight excluding hydrogens is 502 g/mol. The second-order valence-corrected chi connectivity index (χ2v) is 11.1. The number of rotatable bonds is 8. The minimum Gasteiger partial charge on any atom is -0.612 e. The van der Waals surface area contributed by atoms with Crippen molar-refractivity contribution in [2.24, 2.45) is 0 Å². The van der Waals surface area contributed by atoms with Crippen LogP contribution in [-0.4, -0.2) is 40.5 Å². The molecule has 0 aromatic heterocycles. The van der Waals surface area contributed by atoms with Crippen LogP contribution >= 0.6 is 23.2 Å². The lowest BCUT2D eigenvalue weighted by Crippen LogP contribution is -3.09. The zero-order valence-corrected chi connectivity index (χ0v) is 21.1. The summed E-state index contributed by atoms with van der Waals surface area (Å²) in [5.74, 6) is -1.48. The zero-order valence-electron chi connectivity index (χ0n) is 18.8. The fourth-order valence-corrected chi connectivity index (χ4v) is 5.28. The Morgan fingerprint density at radius 1 is 1.15 bits per heavy atom. The van der Waals surface area contributed by atoms with Crippen molar-refractivity contribution in [1.29, 1.82) is 0 Å². The lowest BCUT2D eigenvalue weighted by molar-refractivity contribution is -0.600. The van der Waals surface area contributed by atoms with Crippen molar-refractivity contribution in [3.05, 3.63) is 73.7 Å². The van der Waals surface area contributed by atoms with Gasteiger partial charge in [0.15, 0.2) is 0 Å². The molecule has 1 saturated heterocycles. The topological polar surface area (TPSA) is 74.1 Å². The predicted octanol–water partition coefficient (Wildman–Crippen LogP) is 4.01. The van der Waals surface area contributed by atoms with E-state index in [-0.39, 0.29) is 17.6 Å². The van der Waals surface area contributed by atoms with Gasteiger partial charge in [0.25, 0.3) is 0 Å². The Balaban J connectivity index is 1.37. The van der Waals surface area contributed by atoms with Gasteiger partial charge in [0.05, 0.1) is 19.0 Å². The van der Waals surface area contributed by atoms with Crippen LogP contribution < -0.4 is 4.47 Å². The van der Waals surface area contributed by atoms with Gasteiger partial charge in [-0.3, -0.25) is 4.90 Å². The van der Waals surface area contributed by atoms with Crippen LogP contribution in [0, 0.1) is 11.0 Å². The monoisotopic (exact) mass is 528 g/mol. The Labute approximate surface area is 211 Å². The summed E-state index contributed by atoms with van der Waals surface area (Å²) in [6.45, 7) is 2.63. The number of benzene rings is 2. The Kier molecular flexibility index (Phi) is 8.40. The fourth-order valence-electron chi connectivity index (χ4n) is 4.34. The number of quaternary nitrogens is 1. The highest BCUT2D eigenvalue weighted by Crippen LogP contribution is 2.42. The molecule has 10 heteroatoms. The predicted molar refractivity (Wildman–Crippen MR) is 131 cm³/mol. The summed E-state index contributed by atoms with van der Waals surface area (Å²) in [4.78, 5) is 14.6. The van der Waals surface area contributed by atoms with Crippen LogP contribution in [0.25, 0.3) is 0 Å². The fraction of sp³-hybridized carbons (Fsp3) is 0.458. The highest BCUT2D eigenvalue weighted by atomic mass is 35.5. The molecule has 2 aromatic rings. The van der Waals surface area contributed by atoms with Gasteiger partial charge in [-0.1, -0.05) is 23.2 Å².